The van der Waals surface area contributed by atoms with Crippen LogP contribution in [0.3, 0.4) is 0 Å². The highest BCUT2D eigenvalue weighted by molar-refractivity contribution is 8.14. The van der Waals surface area contributed by atoms with E-state index in [0.717, 1.165) is 42.8 Å². The molecule has 0 bridgehead atoms. The molecule has 0 saturated heterocycles. The predicted octanol–water partition coefficient (Wildman–Crippen LogP) is 6.37. The van der Waals surface area contributed by atoms with Crippen molar-refractivity contribution < 1.29 is 4.79 Å². The van der Waals surface area contributed by atoms with Crippen LogP contribution in [0.2, 0.25) is 0 Å². The van der Waals surface area contributed by atoms with Gasteiger partial charge in [0.05, 0.1) is 0 Å². The molecular formula is C25H27NOS. The SMILES string of the molecule is CCc1cccc(NCc2ccc(C(=O)SCCCc3ccccc3)cc2)c1. The van der Waals surface area contributed by atoms with Crippen molar-refractivity contribution in [2.24, 2.45) is 0 Å². The lowest BCUT2D eigenvalue weighted by atomic mass is 10.1. The number of hydrogen-bond donors (Lipinski definition) is 1. The number of rotatable bonds is 9. The Hall–Kier alpha value is -2.52. The lowest BCUT2D eigenvalue weighted by Gasteiger charge is -2.08. The van der Waals surface area contributed by atoms with Crippen molar-refractivity contribution in [2.45, 2.75) is 32.7 Å². The minimum absolute atomic E-state index is 0.156. The standard InChI is InChI=1S/C25H27NOS/c1-2-20-10-6-12-24(18-20)26-19-22-13-15-23(16-14-22)25(27)28-17-7-11-21-8-4-3-5-9-21/h3-6,8-10,12-16,18,26H,2,7,11,17,19H2,1H3. The molecule has 3 aromatic carbocycles. The zero-order valence-corrected chi connectivity index (χ0v) is 17.2. The Bertz CT molecular complexity index is 875. The first kappa shape index (κ1) is 20.2. The molecule has 0 spiro atoms. The lowest BCUT2D eigenvalue weighted by molar-refractivity contribution is 0.108. The molecule has 0 aliphatic heterocycles. The van der Waals surface area contributed by atoms with Gasteiger partial charge in [-0.2, -0.15) is 0 Å². The van der Waals surface area contributed by atoms with Crippen LogP contribution in [0.5, 0.6) is 0 Å². The minimum Gasteiger partial charge on any atom is -0.381 e. The molecule has 144 valence electrons. The van der Waals surface area contributed by atoms with Crippen LogP contribution in [-0.4, -0.2) is 10.9 Å². The van der Waals surface area contributed by atoms with Gasteiger partial charge >= 0.3 is 0 Å². The van der Waals surface area contributed by atoms with Gasteiger partial charge in [0.2, 0.25) is 5.12 Å². The molecule has 0 heterocycles. The van der Waals surface area contributed by atoms with Gasteiger partial charge in [-0.25, -0.2) is 0 Å². The Morgan fingerprint density at radius 1 is 0.857 bits per heavy atom. The van der Waals surface area contributed by atoms with Crippen LogP contribution >= 0.6 is 11.8 Å². The Balaban J connectivity index is 1.43. The third-order valence-electron chi connectivity index (χ3n) is 4.71. The second-order valence-electron chi connectivity index (χ2n) is 6.83. The Morgan fingerprint density at radius 3 is 2.36 bits per heavy atom. The second kappa shape index (κ2) is 10.7. The molecule has 0 atom stereocenters. The van der Waals surface area contributed by atoms with Crippen LogP contribution in [0.1, 0.15) is 40.4 Å². The number of aryl methyl sites for hydroxylation is 2. The first-order valence-electron chi connectivity index (χ1n) is 9.87. The van der Waals surface area contributed by atoms with E-state index in [1.165, 1.54) is 28.5 Å². The van der Waals surface area contributed by atoms with Gasteiger partial charge in [0.15, 0.2) is 0 Å². The lowest BCUT2D eigenvalue weighted by Crippen LogP contribution is -2.01. The molecule has 0 saturated carbocycles. The maximum atomic E-state index is 12.4. The van der Waals surface area contributed by atoms with Crippen LogP contribution in [0, 0.1) is 0 Å². The van der Waals surface area contributed by atoms with E-state index < -0.39 is 0 Å². The van der Waals surface area contributed by atoms with E-state index in [4.69, 9.17) is 0 Å². The fourth-order valence-electron chi connectivity index (χ4n) is 3.03. The van der Waals surface area contributed by atoms with Gasteiger partial charge in [-0.1, -0.05) is 85.4 Å². The first-order valence-corrected chi connectivity index (χ1v) is 10.9. The van der Waals surface area contributed by atoms with Crippen LogP contribution in [0.4, 0.5) is 5.69 Å². The molecule has 0 unspecified atom stereocenters. The molecule has 3 rings (SSSR count). The first-order chi connectivity index (χ1) is 13.7. The summed E-state index contributed by atoms with van der Waals surface area (Å²) in [6.07, 6.45) is 3.07. The summed E-state index contributed by atoms with van der Waals surface area (Å²) in [7, 11) is 0. The molecule has 0 radical (unpaired) electrons. The largest absolute Gasteiger partial charge is 0.381 e. The van der Waals surface area contributed by atoms with Gasteiger partial charge in [-0.05, 0) is 48.1 Å². The third-order valence-corrected chi connectivity index (χ3v) is 5.70. The van der Waals surface area contributed by atoms with Gasteiger partial charge in [0, 0.05) is 23.5 Å². The van der Waals surface area contributed by atoms with E-state index in [9.17, 15) is 4.79 Å². The molecule has 28 heavy (non-hydrogen) atoms. The zero-order chi connectivity index (χ0) is 19.6. The summed E-state index contributed by atoms with van der Waals surface area (Å²) in [5.41, 5.74) is 5.74. The van der Waals surface area contributed by atoms with Crippen molar-refractivity contribution in [3.8, 4) is 0 Å². The summed E-state index contributed by atoms with van der Waals surface area (Å²) in [6.45, 7) is 2.92. The van der Waals surface area contributed by atoms with E-state index in [1.807, 2.05) is 30.3 Å². The van der Waals surface area contributed by atoms with E-state index in [2.05, 4.69) is 60.8 Å². The maximum absolute atomic E-state index is 12.4. The summed E-state index contributed by atoms with van der Waals surface area (Å²) in [4.78, 5) is 12.4. The van der Waals surface area contributed by atoms with Crippen molar-refractivity contribution in [3.05, 3.63) is 101 Å². The highest BCUT2D eigenvalue weighted by Gasteiger charge is 2.06. The third kappa shape index (κ3) is 6.28. The van der Waals surface area contributed by atoms with Crippen LogP contribution in [-0.2, 0) is 19.4 Å². The van der Waals surface area contributed by atoms with Crippen molar-refractivity contribution in [1.82, 2.24) is 0 Å². The van der Waals surface area contributed by atoms with Gasteiger partial charge in [-0.3, -0.25) is 4.79 Å². The van der Waals surface area contributed by atoms with Crippen molar-refractivity contribution in [2.75, 3.05) is 11.1 Å². The monoisotopic (exact) mass is 389 g/mol. The van der Waals surface area contributed by atoms with Gasteiger partial charge < -0.3 is 5.32 Å². The number of nitrogens with one attached hydrogen (secondary N) is 1. The molecule has 0 fully saturated rings. The smallest absolute Gasteiger partial charge is 0.219 e. The minimum atomic E-state index is 0.156. The number of anilines is 1. The van der Waals surface area contributed by atoms with Gasteiger partial charge in [-0.15, -0.1) is 0 Å². The van der Waals surface area contributed by atoms with E-state index in [1.54, 1.807) is 0 Å². The number of carbonyl (C=O) groups is 1. The highest BCUT2D eigenvalue weighted by Crippen LogP contribution is 2.17. The molecule has 0 aliphatic carbocycles. The Kier molecular flexibility index (Phi) is 7.74. The fraction of sp³-hybridized carbons (Fsp3) is 0.240. The van der Waals surface area contributed by atoms with Gasteiger partial charge in [0.25, 0.3) is 0 Å². The number of benzene rings is 3. The number of thioether (sulfide) groups is 1. The van der Waals surface area contributed by atoms with Crippen molar-refractivity contribution >= 4 is 22.6 Å². The summed E-state index contributed by atoms with van der Waals surface area (Å²) in [5.74, 6) is 0.852. The molecule has 1 N–H and O–H groups in total. The fourth-order valence-corrected chi connectivity index (χ4v) is 3.81. The topological polar surface area (TPSA) is 29.1 Å². The summed E-state index contributed by atoms with van der Waals surface area (Å²) in [6, 6.07) is 26.9. The highest BCUT2D eigenvalue weighted by atomic mass is 32.2. The van der Waals surface area contributed by atoms with Crippen LogP contribution in [0.25, 0.3) is 0 Å². The Labute approximate surface area is 172 Å². The average molecular weight is 390 g/mol. The Morgan fingerprint density at radius 2 is 1.61 bits per heavy atom. The predicted molar refractivity (Wildman–Crippen MR) is 121 cm³/mol. The summed E-state index contributed by atoms with van der Waals surface area (Å²) >= 11 is 1.41. The second-order valence-corrected chi connectivity index (χ2v) is 7.90. The molecule has 3 aromatic rings. The zero-order valence-electron chi connectivity index (χ0n) is 16.4. The van der Waals surface area contributed by atoms with E-state index in [0.29, 0.717) is 0 Å². The number of carbonyl (C=O) groups excluding carboxylic acids is 1. The van der Waals surface area contributed by atoms with Crippen molar-refractivity contribution in [1.29, 1.82) is 0 Å². The molecule has 2 nitrogen and oxygen atoms in total. The summed E-state index contributed by atoms with van der Waals surface area (Å²) < 4.78 is 0. The average Bonchev–Trinajstić information content (AvgIpc) is 2.76. The summed E-state index contributed by atoms with van der Waals surface area (Å²) in [5, 5.41) is 3.61. The normalized spacial score (nSPS) is 10.6. The quantitative estimate of drug-likeness (QED) is 0.431. The molecule has 0 aromatic heterocycles. The molecular weight excluding hydrogens is 362 g/mol. The number of hydrogen-bond acceptors (Lipinski definition) is 3. The molecule has 0 amide bonds. The van der Waals surface area contributed by atoms with E-state index in [-0.39, 0.29) is 5.12 Å². The van der Waals surface area contributed by atoms with Crippen LogP contribution in [0.15, 0.2) is 78.9 Å². The molecule has 0 aliphatic rings. The van der Waals surface area contributed by atoms with Crippen LogP contribution < -0.4 is 5.32 Å². The van der Waals surface area contributed by atoms with E-state index >= 15 is 0 Å². The van der Waals surface area contributed by atoms with Gasteiger partial charge in [0.1, 0.15) is 0 Å². The molecule has 3 heteroatoms. The maximum Gasteiger partial charge on any atom is 0.219 e. The van der Waals surface area contributed by atoms with Crippen molar-refractivity contribution in [3.63, 3.8) is 0 Å².